The third-order valence-corrected chi connectivity index (χ3v) is 6.96. The Kier molecular flexibility index (Phi) is 5.12. The quantitative estimate of drug-likeness (QED) is 0.317. The van der Waals surface area contributed by atoms with Crippen LogP contribution in [0.1, 0.15) is 15.9 Å². The number of hydrogen-bond acceptors (Lipinski definition) is 5. The summed E-state index contributed by atoms with van der Waals surface area (Å²) in [6.45, 7) is 2.09. The Bertz CT molecular complexity index is 1720. The third-order valence-electron chi connectivity index (χ3n) is 5.90. The van der Waals surface area contributed by atoms with Gasteiger partial charge in [-0.15, -0.1) is 11.3 Å². The fourth-order valence-corrected chi connectivity index (χ4v) is 5.18. The van der Waals surface area contributed by atoms with E-state index in [1.807, 2.05) is 67.8 Å². The van der Waals surface area contributed by atoms with Gasteiger partial charge in [-0.1, -0.05) is 24.3 Å². The second-order valence-corrected chi connectivity index (χ2v) is 9.53. The summed E-state index contributed by atoms with van der Waals surface area (Å²) in [5.41, 5.74) is 6.88. The van der Waals surface area contributed by atoms with Gasteiger partial charge < -0.3 is 5.32 Å². The maximum absolute atomic E-state index is 13.4. The summed E-state index contributed by atoms with van der Waals surface area (Å²) in [6, 6.07) is 23.6. The van der Waals surface area contributed by atoms with E-state index in [1.165, 1.54) is 10.3 Å². The van der Waals surface area contributed by atoms with Crippen LogP contribution in [0.2, 0.25) is 0 Å². The van der Waals surface area contributed by atoms with E-state index < -0.39 is 0 Å². The van der Waals surface area contributed by atoms with Gasteiger partial charge in [0.1, 0.15) is 5.01 Å². The molecule has 3 heterocycles. The smallest absolute Gasteiger partial charge is 0.256 e. The van der Waals surface area contributed by atoms with Crippen molar-refractivity contribution in [2.24, 2.45) is 7.05 Å². The number of para-hydroxylation sites is 1. The molecule has 0 radical (unpaired) electrons. The van der Waals surface area contributed by atoms with Gasteiger partial charge in [-0.05, 0) is 61.0 Å². The van der Waals surface area contributed by atoms with Gasteiger partial charge in [0.05, 0.1) is 33.2 Å². The largest absolute Gasteiger partial charge is 0.322 e. The number of pyridine rings is 1. The van der Waals surface area contributed by atoms with Gasteiger partial charge in [-0.25, -0.2) is 9.97 Å². The van der Waals surface area contributed by atoms with Crippen molar-refractivity contribution >= 4 is 44.1 Å². The van der Waals surface area contributed by atoms with Crippen molar-refractivity contribution in [3.63, 3.8) is 0 Å². The van der Waals surface area contributed by atoms with Crippen LogP contribution in [0.4, 0.5) is 5.69 Å². The van der Waals surface area contributed by atoms with Gasteiger partial charge in [0.25, 0.3) is 5.91 Å². The molecule has 0 aliphatic rings. The van der Waals surface area contributed by atoms with E-state index >= 15 is 0 Å². The average Bonchev–Trinajstić information content (AvgIpc) is 3.49. The number of carbonyl (C=O) groups is 1. The zero-order valence-electron chi connectivity index (χ0n) is 19.2. The van der Waals surface area contributed by atoms with Crippen LogP contribution < -0.4 is 5.32 Å². The number of fused-ring (bicyclic) bond motifs is 2. The number of hydrogen-bond donors (Lipinski definition) is 1. The predicted molar refractivity (Wildman–Crippen MR) is 142 cm³/mol. The number of carbonyl (C=O) groups excluding carboxylic acids is 1. The first-order chi connectivity index (χ1) is 17.0. The Morgan fingerprint density at radius 3 is 2.54 bits per heavy atom. The van der Waals surface area contributed by atoms with Crippen molar-refractivity contribution in [1.29, 1.82) is 0 Å². The average molecular weight is 476 g/mol. The number of anilines is 1. The third kappa shape index (κ3) is 4.06. The lowest BCUT2D eigenvalue weighted by molar-refractivity contribution is 0.102. The number of aromatic nitrogens is 4. The Morgan fingerprint density at radius 1 is 0.914 bits per heavy atom. The molecule has 0 saturated carbocycles. The minimum atomic E-state index is -0.183. The molecular weight excluding hydrogens is 454 g/mol. The molecule has 0 unspecified atom stereocenters. The summed E-state index contributed by atoms with van der Waals surface area (Å²) in [5.74, 6) is -0.183. The summed E-state index contributed by atoms with van der Waals surface area (Å²) < 4.78 is 2.89. The van der Waals surface area contributed by atoms with E-state index in [9.17, 15) is 4.79 Å². The normalized spacial score (nSPS) is 11.3. The molecular formula is C28H21N5OS. The highest BCUT2D eigenvalue weighted by Gasteiger charge is 2.15. The Morgan fingerprint density at radius 2 is 1.74 bits per heavy atom. The SMILES string of the molecule is Cc1ccc2nc(-c3ccc(NC(=O)c4cc(-c5cnn(C)c5)nc5ccccc45)cc3)sc2c1. The molecule has 6 nitrogen and oxygen atoms in total. The van der Waals surface area contributed by atoms with Crippen molar-refractivity contribution in [1.82, 2.24) is 19.7 Å². The number of nitrogens with one attached hydrogen (secondary N) is 1. The molecule has 0 saturated heterocycles. The highest BCUT2D eigenvalue weighted by Crippen LogP contribution is 2.31. The fourth-order valence-electron chi connectivity index (χ4n) is 4.11. The molecule has 6 rings (SSSR count). The topological polar surface area (TPSA) is 72.7 Å². The minimum Gasteiger partial charge on any atom is -0.322 e. The van der Waals surface area contributed by atoms with Crippen LogP contribution in [0.3, 0.4) is 0 Å². The number of thiazole rings is 1. The molecule has 6 aromatic rings. The highest BCUT2D eigenvalue weighted by atomic mass is 32.1. The lowest BCUT2D eigenvalue weighted by Crippen LogP contribution is -2.13. The molecule has 0 spiro atoms. The molecule has 0 bridgehead atoms. The summed E-state index contributed by atoms with van der Waals surface area (Å²) in [6.07, 6.45) is 3.64. The van der Waals surface area contributed by atoms with Crippen molar-refractivity contribution in [2.75, 3.05) is 5.32 Å². The first kappa shape index (κ1) is 21.2. The van der Waals surface area contributed by atoms with E-state index in [1.54, 1.807) is 22.2 Å². The lowest BCUT2D eigenvalue weighted by Gasteiger charge is -2.10. The van der Waals surface area contributed by atoms with Crippen molar-refractivity contribution in [3.05, 3.63) is 96.3 Å². The molecule has 0 aliphatic carbocycles. The Labute approximate surface area is 205 Å². The fraction of sp³-hybridized carbons (Fsp3) is 0.0714. The molecule has 0 fully saturated rings. The maximum atomic E-state index is 13.4. The molecule has 3 aromatic heterocycles. The van der Waals surface area contributed by atoms with E-state index in [2.05, 4.69) is 35.5 Å². The molecule has 1 amide bonds. The molecule has 35 heavy (non-hydrogen) atoms. The van der Waals surface area contributed by atoms with Gasteiger partial charge in [-0.2, -0.15) is 5.10 Å². The van der Waals surface area contributed by atoms with Gasteiger partial charge in [-0.3, -0.25) is 9.48 Å². The molecule has 1 N–H and O–H groups in total. The summed E-state index contributed by atoms with van der Waals surface area (Å²) >= 11 is 1.67. The number of rotatable bonds is 4. The summed E-state index contributed by atoms with van der Waals surface area (Å²) in [5, 5.41) is 9.05. The van der Waals surface area contributed by atoms with E-state index in [-0.39, 0.29) is 5.91 Å². The van der Waals surface area contributed by atoms with E-state index in [4.69, 9.17) is 9.97 Å². The zero-order valence-corrected chi connectivity index (χ0v) is 20.0. The van der Waals surface area contributed by atoms with Crippen LogP contribution in [-0.4, -0.2) is 25.7 Å². The highest BCUT2D eigenvalue weighted by molar-refractivity contribution is 7.21. The first-order valence-electron chi connectivity index (χ1n) is 11.2. The molecule has 3 aromatic carbocycles. The van der Waals surface area contributed by atoms with Gasteiger partial charge in [0, 0.05) is 35.4 Å². The van der Waals surface area contributed by atoms with Crippen LogP contribution in [0.25, 0.3) is 42.9 Å². The Hall–Kier alpha value is -4.36. The number of nitrogens with zero attached hydrogens (tertiary/aromatic N) is 4. The summed E-state index contributed by atoms with van der Waals surface area (Å²) in [7, 11) is 1.86. The van der Waals surface area contributed by atoms with Crippen molar-refractivity contribution < 1.29 is 4.79 Å². The van der Waals surface area contributed by atoms with Gasteiger partial charge in [0.2, 0.25) is 0 Å². The van der Waals surface area contributed by atoms with Crippen LogP contribution >= 0.6 is 11.3 Å². The number of aryl methyl sites for hydroxylation is 2. The Balaban J connectivity index is 1.30. The molecule has 0 atom stereocenters. The predicted octanol–water partition coefficient (Wildman–Crippen LogP) is 6.47. The molecule has 170 valence electrons. The van der Waals surface area contributed by atoms with Crippen LogP contribution in [-0.2, 0) is 7.05 Å². The second kappa shape index (κ2) is 8.45. The molecule has 0 aliphatic heterocycles. The van der Waals surface area contributed by atoms with Gasteiger partial charge in [0.15, 0.2) is 0 Å². The summed E-state index contributed by atoms with van der Waals surface area (Å²) in [4.78, 5) is 22.8. The van der Waals surface area contributed by atoms with E-state index in [0.717, 1.165) is 38.2 Å². The van der Waals surface area contributed by atoms with Crippen LogP contribution in [0.5, 0.6) is 0 Å². The maximum Gasteiger partial charge on any atom is 0.256 e. The monoisotopic (exact) mass is 475 g/mol. The first-order valence-corrected chi connectivity index (χ1v) is 12.0. The van der Waals surface area contributed by atoms with Crippen LogP contribution in [0, 0.1) is 6.92 Å². The lowest BCUT2D eigenvalue weighted by atomic mass is 10.0. The molecule has 7 heteroatoms. The standard InChI is InChI=1S/C28H21N5OS/c1-17-7-12-24-26(13-17)35-28(32-24)18-8-10-20(11-9-18)30-27(34)22-14-25(19-15-29-33(2)16-19)31-23-6-4-3-5-21(22)23/h3-16H,1-2H3,(H,30,34). The van der Waals surface area contributed by atoms with Crippen molar-refractivity contribution in [2.45, 2.75) is 6.92 Å². The zero-order chi connectivity index (χ0) is 23.9. The number of benzene rings is 3. The van der Waals surface area contributed by atoms with Crippen molar-refractivity contribution in [3.8, 4) is 21.8 Å². The van der Waals surface area contributed by atoms with Crippen LogP contribution in [0.15, 0.2) is 85.2 Å². The van der Waals surface area contributed by atoms with Gasteiger partial charge >= 0.3 is 0 Å². The van der Waals surface area contributed by atoms with E-state index in [0.29, 0.717) is 11.3 Å². The minimum absolute atomic E-state index is 0.183. The number of amides is 1. The second-order valence-electron chi connectivity index (χ2n) is 8.50.